The Morgan fingerprint density at radius 3 is 1.78 bits per heavy atom. The first kappa shape index (κ1) is 23.8. The molecule has 1 fully saturated rings. The van der Waals surface area contributed by atoms with Crippen LogP contribution in [-0.2, 0) is 4.79 Å². The zero-order chi connectivity index (χ0) is 19.6. The van der Waals surface area contributed by atoms with Crippen molar-refractivity contribution in [2.75, 3.05) is 6.54 Å². The Labute approximate surface area is 171 Å². The van der Waals surface area contributed by atoms with Gasteiger partial charge in [0.2, 0.25) is 5.91 Å². The van der Waals surface area contributed by atoms with Gasteiger partial charge in [-0.3, -0.25) is 4.79 Å². The molecule has 0 aliphatic heterocycles. The standard InChI is InChI=1S/C24H38ClNO/c1-2-3-4-5-6-7-8-9-10-11-12-13-14-15-16-17-18-19-22-26-23(27)24(25)20-21-24/h6-7,9-10,12-13,15-16H,2-5,8,11,14,17-22H2,1H3,(H,26,27)/b7-6-,10-9-,13-12-,16-15-. The number of amides is 1. The Morgan fingerprint density at radius 1 is 0.815 bits per heavy atom. The van der Waals surface area contributed by atoms with E-state index in [1.54, 1.807) is 0 Å². The first-order chi connectivity index (χ1) is 13.2. The van der Waals surface area contributed by atoms with E-state index in [2.05, 4.69) is 60.8 Å². The van der Waals surface area contributed by atoms with Crippen molar-refractivity contribution in [3.05, 3.63) is 48.6 Å². The monoisotopic (exact) mass is 391 g/mol. The van der Waals surface area contributed by atoms with Crippen molar-refractivity contribution in [3.8, 4) is 0 Å². The predicted octanol–water partition coefficient (Wildman–Crippen LogP) is 7.02. The van der Waals surface area contributed by atoms with E-state index in [1.165, 1.54) is 25.7 Å². The molecule has 0 radical (unpaired) electrons. The van der Waals surface area contributed by atoms with Gasteiger partial charge in [-0.2, -0.15) is 0 Å². The van der Waals surface area contributed by atoms with Crippen molar-refractivity contribution in [1.82, 2.24) is 5.32 Å². The zero-order valence-electron chi connectivity index (χ0n) is 17.1. The van der Waals surface area contributed by atoms with Gasteiger partial charge in [0, 0.05) is 6.54 Å². The minimum atomic E-state index is -0.563. The Bertz CT molecular complexity index is 501. The average Bonchev–Trinajstić information content (AvgIpc) is 3.42. The number of alkyl halides is 1. The molecule has 1 aliphatic carbocycles. The lowest BCUT2D eigenvalue weighted by molar-refractivity contribution is -0.121. The molecule has 0 saturated heterocycles. The summed E-state index contributed by atoms with van der Waals surface area (Å²) in [6, 6.07) is 0. The van der Waals surface area contributed by atoms with Crippen molar-refractivity contribution in [2.45, 2.75) is 88.8 Å². The molecular formula is C24H38ClNO. The maximum absolute atomic E-state index is 11.6. The molecular weight excluding hydrogens is 354 g/mol. The van der Waals surface area contributed by atoms with E-state index in [-0.39, 0.29) is 5.91 Å². The summed E-state index contributed by atoms with van der Waals surface area (Å²) in [6.45, 7) is 2.98. The third-order valence-electron chi connectivity index (χ3n) is 4.64. The highest BCUT2D eigenvalue weighted by molar-refractivity contribution is 6.37. The molecule has 0 spiro atoms. The second kappa shape index (κ2) is 15.7. The van der Waals surface area contributed by atoms with Gasteiger partial charge in [0.05, 0.1) is 0 Å². The fourth-order valence-electron chi connectivity index (χ4n) is 2.65. The first-order valence-electron chi connectivity index (χ1n) is 10.8. The van der Waals surface area contributed by atoms with Gasteiger partial charge in [-0.1, -0.05) is 68.4 Å². The Morgan fingerprint density at radius 2 is 1.30 bits per heavy atom. The lowest BCUT2D eigenvalue weighted by Gasteiger charge is -2.07. The van der Waals surface area contributed by atoms with Crippen LogP contribution in [-0.4, -0.2) is 17.3 Å². The SMILES string of the molecule is CCCCC/C=C\C/C=C\C/C=C\C/C=C\CCCCNC(=O)C1(Cl)CC1. The number of nitrogens with one attached hydrogen (secondary N) is 1. The normalized spacial score (nSPS) is 16.2. The van der Waals surface area contributed by atoms with Gasteiger partial charge in [-0.05, 0) is 64.2 Å². The Balaban J connectivity index is 1.86. The van der Waals surface area contributed by atoms with Crippen LogP contribution in [0.5, 0.6) is 0 Å². The molecule has 0 heterocycles. The molecule has 1 saturated carbocycles. The molecule has 1 N–H and O–H groups in total. The van der Waals surface area contributed by atoms with E-state index in [1.807, 2.05) is 0 Å². The molecule has 0 unspecified atom stereocenters. The second-order valence-electron chi connectivity index (χ2n) is 7.31. The molecule has 0 bridgehead atoms. The summed E-state index contributed by atoms with van der Waals surface area (Å²) in [5, 5.41) is 2.92. The van der Waals surface area contributed by atoms with Crippen LogP contribution < -0.4 is 5.32 Å². The number of allylic oxidation sites excluding steroid dienone is 8. The van der Waals surface area contributed by atoms with Crippen LogP contribution in [0.15, 0.2) is 48.6 Å². The maximum Gasteiger partial charge on any atom is 0.241 e. The summed E-state index contributed by atoms with van der Waals surface area (Å²) in [7, 11) is 0. The molecule has 1 rings (SSSR count). The Kier molecular flexibility index (Phi) is 13.9. The van der Waals surface area contributed by atoms with E-state index in [0.717, 1.165) is 57.9 Å². The number of rotatable bonds is 16. The molecule has 0 aromatic carbocycles. The molecule has 1 amide bonds. The minimum Gasteiger partial charge on any atom is -0.355 e. The number of unbranched alkanes of at least 4 members (excludes halogenated alkanes) is 5. The fourth-order valence-corrected chi connectivity index (χ4v) is 2.81. The summed E-state index contributed by atoms with van der Waals surface area (Å²) in [5.74, 6) is 0.0156. The average molecular weight is 392 g/mol. The quantitative estimate of drug-likeness (QED) is 0.171. The van der Waals surface area contributed by atoms with Crippen molar-refractivity contribution in [1.29, 1.82) is 0 Å². The van der Waals surface area contributed by atoms with Crippen LogP contribution in [0.1, 0.15) is 84.0 Å². The molecule has 152 valence electrons. The molecule has 2 nitrogen and oxygen atoms in total. The van der Waals surface area contributed by atoms with Crippen LogP contribution in [0.2, 0.25) is 0 Å². The van der Waals surface area contributed by atoms with Crippen LogP contribution in [0.4, 0.5) is 0 Å². The molecule has 1 aliphatic rings. The van der Waals surface area contributed by atoms with E-state index < -0.39 is 4.87 Å². The predicted molar refractivity (Wildman–Crippen MR) is 119 cm³/mol. The van der Waals surface area contributed by atoms with Gasteiger partial charge >= 0.3 is 0 Å². The van der Waals surface area contributed by atoms with Gasteiger partial charge in [0.25, 0.3) is 0 Å². The lowest BCUT2D eigenvalue weighted by Crippen LogP contribution is -2.33. The number of hydrogen-bond donors (Lipinski definition) is 1. The molecule has 0 aromatic heterocycles. The summed E-state index contributed by atoms with van der Waals surface area (Å²) < 4.78 is 0. The van der Waals surface area contributed by atoms with Gasteiger partial charge < -0.3 is 5.32 Å². The lowest BCUT2D eigenvalue weighted by atomic mass is 10.2. The molecule has 27 heavy (non-hydrogen) atoms. The topological polar surface area (TPSA) is 29.1 Å². The van der Waals surface area contributed by atoms with E-state index in [0.29, 0.717) is 0 Å². The highest BCUT2D eigenvalue weighted by Gasteiger charge is 2.47. The fraction of sp³-hybridized carbons (Fsp3) is 0.625. The Hall–Kier alpha value is -1.28. The van der Waals surface area contributed by atoms with E-state index in [9.17, 15) is 4.79 Å². The highest BCUT2D eigenvalue weighted by Crippen LogP contribution is 2.42. The number of hydrogen-bond acceptors (Lipinski definition) is 1. The smallest absolute Gasteiger partial charge is 0.241 e. The van der Waals surface area contributed by atoms with Crippen molar-refractivity contribution >= 4 is 17.5 Å². The summed E-state index contributed by atoms with van der Waals surface area (Å²) in [4.78, 5) is 11.1. The summed E-state index contributed by atoms with van der Waals surface area (Å²) in [6.07, 6.45) is 31.0. The zero-order valence-corrected chi connectivity index (χ0v) is 17.9. The highest BCUT2D eigenvalue weighted by atomic mass is 35.5. The van der Waals surface area contributed by atoms with E-state index >= 15 is 0 Å². The van der Waals surface area contributed by atoms with Crippen LogP contribution in [0.3, 0.4) is 0 Å². The van der Waals surface area contributed by atoms with Gasteiger partial charge in [0.15, 0.2) is 0 Å². The minimum absolute atomic E-state index is 0.0156. The molecule has 0 aromatic rings. The number of halogens is 1. The third kappa shape index (κ3) is 13.5. The molecule has 3 heteroatoms. The maximum atomic E-state index is 11.6. The van der Waals surface area contributed by atoms with Crippen LogP contribution >= 0.6 is 11.6 Å². The van der Waals surface area contributed by atoms with Gasteiger partial charge in [-0.25, -0.2) is 0 Å². The first-order valence-corrected chi connectivity index (χ1v) is 11.1. The third-order valence-corrected chi connectivity index (χ3v) is 5.19. The van der Waals surface area contributed by atoms with Gasteiger partial charge in [-0.15, -0.1) is 11.6 Å². The summed E-state index contributed by atoms with van der Waals surface area (Å²) >= 11 is 6.04. The van der Waals surface area contributed by atoms with Crippen molar-refractivity contribution in [3.63, 3.8) is 0 Å². The van der Waals surface area contributed by atoms with Crippen LogP contribution in [0, 0.1) is 0 Å². The summed E-state index contributed by atoms with van der Waals surface area (Å²) in [5.41, 5.74) is 0. The van der Waals surface area contributed by atoms with Crippen LogP contribution in [0.25, 0.3) is 0 Å². The van der Waals surface area contributed by atoms with E-state index in [4.69, 9.17) is 11.6 Å². The second-order valence-corrected chi connectivity index (χ2v) is 8.03. The number of carbonyl (C=O) groups is 1. The van der Waals surface area contributed by atoms with Gasteiger partial charge in [0.1, 0.15) is 4.87 Å². The molecule has 0 atom stereocenters. The van der Waals surface area contributed by atoms with Crippen molar-refractivity contribution in [2.24, 2.45) is 0 Å². The van der Waals surface area contributed by atoms with Crippen molar-refractivity contribution < 1.29 is 4.79 Å². The number of carbonyl (C=O) groups excluding carboxylic acids is 1. The largest absolute Gasteiger partial charge is 0.355 e.